The first-order valence-corrected chi connectivity index (χ1v) is 8.74. The van der Waals surface area contributed by atoms with Crippen molar-refractivity contribution in [2.45, 2.75) is 19.8 Å². The molecular formula is C18H20N4O5. The van der Waals surface area contributed by atoms with Crippen molar-refractivity contribution in [2.75, 3.05) is 24.6 Å². The number of carbonyl (C=O) groups is 1. The molecule has 9 nitrogen and oxygen atoms in total. The molecule has 0 amide bonds. The van der Waals surface area contributed by atoms with Crippen molar-refractivity contribution in [2.24, 2.45) is 5.92 Å². The molecule has 0 bridgehead atoms. The summed E-state index contributed by atoms with van der Waals surface area (Å²) in [5.74, 6) is 0.128. The van der Waals surface area contributed by atoms with Gasteiger partial charge in [0, 0.05) is 13.1 Å². The van der Waals surface area contributed by atoms with Gasteiger partial charge in [0.05, 0.1) is 17.4 Å². The Kier molecular flexibility index (Phi) is 5.80. The van der Waals surface area contributed by atoms with Crippen molar-refractivity contribution >= 4 is 17.5 Å². The molecular weight excluding hydrogens is 352 g/mol. The number of hydrogen-bond donors (Lipinski definition) is 0. The van der Waals surface area contributed by atoms with E-state index in [2.05, 4.69) is 9.97 Å². The molecule has 1 aromatic carbocycles. The van der Waals surface area contributed by atoms with Gasteiger partial charge in [0.15, 0.2) is 0 Å². The van der Waals surface area contributed by atoms with Gasteiger partial charge in [-0.2, -0.15) is 4.98 Å². The minimum Gasteiger partial charge on any atom is -0.466 e. The van der Waals surface area contributed by atoms with E-state index in [4.69, 9.17) is 9.47 Å². The predicted octanol–water partition coefficient (Wildman–Crippen LogP) is 2.96. The predicted molar refractivity (Wildman–Crippen MR) is 96.8 cm³/mol. The highest BCUT2D eigenvalue weighted by atomic mass is 16.6. The summed E-state index contributed by atoms with van der Waals surface area (Å²) in [7, 11) is 0. The van der Waals surface area contributed by atoms with E-state index < -0.39 is 4.92 Å². The topological polar surface area (TPSA) is 108 Å². The molecule has 0 aliphatic carbocycles. The maximum absolute atomic E-state index is 11.9. The van der Waals surface area contributed by atoms with Crippen LogP contribution in [0.15, 0.2) is 36.7 Å². The van der Waals surface area contributed by atoms with Crippen LogP contribution in [0.4, 0.5) is 11.5 Å². The second-order valence-corrected chi connectivity index (χ2v) is 6.04. The van der Waals surface area contributed by atoms with E-state index in [-0.39, 0.29) is 29.3 Å². The van der Waals surface area contributed by atoms with Gasteiger partial charge in [0.25, 0.3) is 0 Å². The number of nitrogens with zero attached hydrogens (tertiary/aromatic N) is 4. The van der Waals surface area contributed by atoms with E-state index in [0.29, 0.717) is 38.3 Å². The SMILES string of the molecule is CCOC(=O)C1CCN(c2ncnc(Oc3ccccc3)c2[N+](=O)[O-])CC1. The number of rotatable bonds is 6. The summed E-state index contributed by atoms with van der Waals surface area (Å²) in [6.45, 7) is 3.04. The average molecular weight is 372 g/mol. The Labute approximate surface area is 156 Å². The summed E-state index contributed by atoms with van der Waals surface area (Å²) in [5.41, 5.74) is -0.282. The Morgan fingerprint density at radius 2 is 1.96 bits per heavy atom. The Hall–Kier alpha value is -3.23. The number of hydrogen-bond acceptors (Lipinski definition) is 8. The lowest BCUT2D eigenvalue weighted by Crippen LogP contribution is -2.37. The number of anilines is 1. The molecule has 1 aliphatic rings. The molecule has 0 radical (unpaired) electrons. The van der Waals surface area contributed by atoms with Crippen molar-refractivity contribution in [3.05, 3.63) is 46.8 Å². The quantitative estimate of drug-likeness (QED) is 0.433. The smallest absolute Gasteiger partial charge is 0.373 e. The summed E-state index contributed by atoms with van der Waals surface area (Å²) >= 11 is 0. The molecule has 2 aromatic rings. The molecule has 3 rings (SSSR count). The van der Waals surface area contributed by atoms with Gasteiger partial charge >= 0.3 is 17.5 Å². The van der Waals surface area contributed by atoms with Crippen LogP contribution in [0, 0.1) is 16.0 Å². The second kappa shape index (κ2) is 8.43. The molecule has 0 atom stereocenters. The number of para-hydroxylation sites is 1. The number of aromatic nitrogens is 2. The fourth-order valence-electron chi connectivity index (χ4n) is 3.01. The minimum absolute atomic E-state index is 0.108. The lowest BCUT2D eigenvalue weighted by molar-refractivity contribution is -0.385. The van der Waals surface area contributed by atoms with Gasteiger partial charge in [0.1, 0.15) is 12.1 Å². The Morgan fingerprint density at radius 3 is 2.59 bits per heavy atom. The number of nitro groups is 1. The fraction of sp³-hybridized carbons (Fsp3) is 0.389. The number of esters is 1. The number of piperidine rings is 1. The van der Waals surface area contributed by atoms with E-state index in [1.807, 2.05) is 6.07 Å². The first kappa shape index (κ1) is 18.6. The largest absolute Gasteiger partial charge is 0.466 e. The lowest BCUT2D eigenvalue weighted by Gasteiger charge is -2.31. The zero-order chi connectivity index (χ0) is 19.2. The third-order valence-corrected chi connectivity index (χ3v) is 4.32. The maximum Gasteiger partial charge on any atom is 0.373 e. The highest BCUT2D eigenvalue weighted by molar-refractivity contribution is 5.73. The van der Waals surface area contributed by atoms with E-state index in [1.165, 1.54) is 6.33 Å². The molecule has 0 N–H and O–H groups in total. The van der Waals surface area contributed by atoms with Gasteiger partial charge in [-0.25, -0.2) is 4.98 Å². The monoisotopic (exact) mass is 372 g/mol. The molecule has 1 aromatic heterocycles. The first-order valence-electron chi connectivity index (χ1n) is 8.74. The van der Waals surface area contributed by atoms with Crippen molar-refractivity contribution in [1.29, 1.82) is 0 Å². The second-order valence-electron chi connectivity index (χ2n) is 6.04. The van der Waals surface area contributed by atoms with Crippen LogP contribution in [-0.4, -0.2) is 40.6 Å². The van der Waals surface area contributed by atoms with Crippen LogP contribution in [0.5, 0.6) is 11.6 Å². The van der Waals surface area contributed by atoms with Crippen LogP contribution in [0.3, 0.4) is 0 Å². The van der Waals surface area contributed by atoms with Gasteiger partial charge in [-0.3, -0.25) is 14.9 Å². The van der Waals surface area contributed by atoms with Gasteiger partial charge in [-0.1, -0.05) is 18.2 Å². The molecule has 1 saturated heterocycles. The van der Waals surface area contributed by atoms with E-state index >= 15 is 0 Å². The molecule has 1 aliphatic heterocycles. The third kappa shape index (κ3) is 4.30. The zero-order valence-corrected chi connectivity index (χ0v) is 14.9. The zero-order valence-electron chi connectivity index (χ0n) is 14.9. The van der Waals surface area contributed by atoms with Gasteiger partial charge in [-0.15, -0.1) is 0 Å². The summed E-state index contributed by atoms with van der Waals surface area (Å²) < 4.78 is 10.7. The van der Waals surface area contributed by atoms with E-state index in [9.17, 15) is 14.9 Å². The normalized spacial score (nSPS) is 14.6. The van der Waals surface area contributed by atoms with Crippen molar-refractivity contribution in [3.63, 3.8) is 0 Å². The number of carbonyl (C=O) groups excluding carboxylic acids is 1. The fourth-order valence-corrected chi connectivity index (χ4v) is 3.01. The molecule has 0 saturated carbocycles. The summed E-state index contributed by atoms with van der Waals surface area (Å²) in [6, 6.07) is 8.74. The highest BCUT2D eigenvalue weighted by Gasteiger charge is 2.33. The number of ether oxygens (including phenoxy) is 2. The van der Waals surface area contributed by atoms with Gasteiger partial charge < -0.3 is 14.4 Å². The molecule has 142 valence electrons. The molecule has 0 spiro atoms. The van der Waals surface area contributed by atoms with E-state index in [0.717, 1.165) is 0 Å². The van der Waals surface area contributed by atoms with Crippen molar-refractivity contribution in [1.82, 2.24) is 9.97 Å². The Balaban J connectivity index is 1.81. The molecule has 9 heteroatoms. The van der Waals surface area contributed by atoms with Crippen LogP contribution in [-0.2, 0) is 9.53 Å². The third-order valence-electron chi connectivity index (χ3n) is 4.32. The standard InChI is InChI=1S/C18H20N4O5/c1-2-26-18(23)13-8-10-21(11-9-13)16-15(22(24)25)17(20-12-19-16)27-14-6-4-3-5-7-14/h3-7,12-13H,2,8-11H2,1H3. The van der Waals surface area contributed by atoms with E-state index in [1.54, 1.807) is 36.1 Å². The minimum atomic E-state index is -0.537. The Morgan fingerprint density at radius 1 is 1.26 bits per heavy atom. The summed E-state index contributed by atoms with van der Waals surface area (Å²) in [4.78, 5) is 32.9. The van der Waals surface area contributed by atoms with Gasteiger partial charge in [0.2, 0.25) is 5.82 Å². The van der Waals surface area contributed by atoms with Crippen LogP contribution in [0.25, 0.3) is 0 Å². The van der Waals surface area contributed by atoms with Crippen LogP contribution in [0.1, 0.15) is 19.8 Å². The highest BCUT2D eigenvalue weighted by Crippen LogP contribution is 2.37. The van der Waals surface area contributed by atoms with Crippen LogP contribution >= 0.6 is 0 Å². The molecule has 2 heterocycles. The molecule has 1 fully saturated rings. The van der Waals surface area contributed by atoms with Crippen molar-refractivity contribution < 1.29 is 19.2 Å². The molecule has 27 heavy (non-hydrogen) atoms. The van der Waals surface area contributed by atoms with Crippen molar-refractivity contribution in [3.8, 4) is 11.6 Å². The lowest BCUT2D eigenvalue weighted by atomic mass is 9.97. The van der Waals surface area contributed by atoms with Crippen LogP contribution in [0.2, 0.25) is 0 Å². The average Bonchev–Trinajstić information content (AvgIpc) is 2.69. The Bertz CT molecular complexity index is 807. The van der Waals surface area contributed by atoms with Crippen LogP contribution < -0.4 is 9.64 Å². The summed E-state index contributed by atoms with van der Waals surface area (Å²) in [6.07, 6.45) is 2.35. The maximum atomic E-state index is 11.9. The molecule has 0 unspecified atom stereocenters. The number of benzene rings is 1. The first-order chi connectivity index (χ1) is 13.1. The summed E-state index contributed by atoms with van der Waals surface area (Å²) in [5, 5.41) is 11.7. The van der Waals surface area contributed by atoms with Gasteiger partial charge in [-0.05, 0) is 31.9 Å².